The molecule has 0 fully saturated rings. The molecule has 0 bridgehead atoms. The van der Waals surface area contributed by atoms with E-state index in [9.17, 15) is 0 Å². The predicted molar refractivity (Wildman–Crippen MR) is 77.1 cm³/mol. The molecule has 0 amide bonds. The number of rotatable bonds is 5. The first-order valence-corrected chi connectivity index (χ1v) is 7.62. The van der Waals surface area contributed by atoms with E-state index in [0.29, 0.717) is 0 Å². The minimum atomic E-state index is 0.738. The highest BCUT2D eigenvalue weighted by atomic mass is 35.5. The highest BCUT2D eigenvalue weighted by molar-refractivity contribution is 8.03. The van der Waals surface area contributed by atoms with E-state index in [-0.39, 0.29) is 0 Å². The Balaban J connectivity index is 1.76. The molecule has 1 aromatic carbocycles. The van der Waals surface area contributed by atoms with E-state index in [1.807, 2.05) is 30.0 Å². The van der Waals surface area contributed by atoms with Crippen molar-refractivity contribution in [2.45, 2.75) is 9.92 Å². The first-order valence-electron chi connectivity index (χ1n) is 5.27. The molecule has 0 unspecified atom stereocenters. The molecule has 2 rings (SSSR count). The third-order valence-corrected chi connectivity index (χ3v) is 4.75. The summed E-state index contributed by atoms with van der Waals surface area (Å²) >= 11 is 9.59. The van der Waals surface area contributed by atoms with Crippen molar-refractivity contribution in [2.24, 2.45) is 0 Å². The van der Waals surface area contributed by atoms with Crippen LogP contribution in [-0.4, -0.2) is 16.5 Å². The van der Waals surface area contributed by atoms with Crippen molar-refractivity contribution in [1.82, 2.24) is 4.98 Å². The maximum atomic E-state index is 6.03. The predicted octanol–water partition coefficient (Wildman–Crippen LogP) is 4.62. The number of benzene rings is 1. The van der Waals surface area contributed by atoms with Crippen molar-refractivity contribution in [3.63, 3.8) is 0 Å². The topological polar surface area (TPSA) is 12.9 Å². The second-order valence-electron chi connectivity index (χ2n) is 3.30. The number of hydrogen-bond acceptors (Lipinski definition) is 3. The molecule has 0 aliphatic carbocycles. The Hall–Kier alpha value is -0.640. The average molecular weight is 282 g/mol. The monoisotopic (exact) mass is 281 g/mol. The van der Waals surface area contributed by atoms with Crippen LogP contribution in [0.2, 0.25) is 5.02 Å². The molecule has 0 saturated carbocycles. The lowest BCUT2D eigenvalue weighted by atomic mass is 10.4. The van der Waals surface area contributed by atoms with Crippen LogP contribution >= 0.6 is 35.1 Å². The Bertz CT molecular complexity index is 462. The van der Waals surface area contributed by atoms with Gasteiger partial charge in [0.15, 0.2) is 0 Å². The molecule has 88 valence electrons. The minimum absolute atomic E-state index is 0.738. The van der Waals surface area contributed by atoms with Crippen molar-refractivity contribution >= 4 is 35.1 Å². The van der Waals surface area contributed by atoms with Gasteiger partial charge in [0.2, 0.25) is 0 Å². The fourth-order valence-corrected chi connectivity index (χ4v) is 3.36. The number of pyridine rings is 1. The van der Waals surface area contributed by atoms with Gasteiger partial charge < -0.3 is 0 Å². The van der Waals surface area contributed by atoms with Crippen LogP contribution in [0.1, 0.15) is 0 Å². The highest BCUT2D eigenvalue weighted by Crippen LogP contribution is 2.26. The molecule has 4 heteroatoms. The van der Waals surface area contributed by atoms with Crippen molar-refractivity contribution in [3.8, 4) is 0 Å². The molecule has 1 nitrogen and oxygen atoms in total. The zero-order chi connectivity index (χ0) is 11.9. The molecule has 2 aromatic rings. The Morgan fingerprint density at radius 2 is 1.71 bits per heavy atom. The second kappa shape index (κ2) is 6.94. The van der Waals surface area contributed by atoms with E-state index in [1.165, 1.54) is 4.90 Å². The van der Waals surface area contributed by atoms with E-state index >= 15 is 0 Å². The third-order valence-electron chi connectivity index (χ3n) is 2.06. The maximum Gasteiger partial charge on any atom is 0.115 e. The molecule has 0 radical (unpaired) electrons. The van der Waals surface area contributed by atoms with E-state index in [1.54, 1.807) is 18.0 Å². The second-order valence-corrected chi connectivity index (χ2v) is 5.96. The van der Waals surface area contributed by atoms with Gasteiger partial charge in [0.05, 0.1) is 5.02 Å². The molecule has 0 spiro atoms. The summed E-state index contributed by atoms with van der Waals surface area (Å²) in [4.78, 5) is 5.55. The van der Waals surface area contributed by atoms with Gasteiger partial charge in [-0.05, 0) is 24.3 Å². The van der Waals surface area contributed by atoms with E-state index < -0.39 is 0 Å². The van der Waals surface area contributed by atoms with Gasteiger partial charge in [0.25, 0.3) is 0 Å². The van der Waals surface area contributed by atoms with E-state index in [0.717, 1.165) is 21.6 Å². The van der Waals surface area contributed by atoms with Crippen LogP contribution in [0.15, 0.2) is 58.6 Å². The summed E-state index contributed by atoms with van der Waals surface area (Å²) in [6.07, 6.45) is 1.78. The van der Waals surface area contributed by atoms with Gasteiger partial charge >= 0.3 is 0 Å². The summed E-state index contributed by atoms with van der Waals surface area (Å²) < 4.78 is 0. The summed E-state index contributed by atoms with van der Waals surface area (Å²) in [5, 5.41) is 1.66. The number of thioether (sulfide) groups is 2. The van der Waals surface area contributed by atoms with Gasteiger partial charge in [-0.2, -0.15) is 0 Å². The normalized spacial score (nSPS) is 10.4. The number of hydrogen-bond donors (Lipinski definition) is 0. The number of nitrogens with zero attached hydrogens (tertiary/aromatic N) is 1. The van der Waals surface area contributed by atoms with Crippen molar-refractivity contribution in [1.29, 1.82) is 0 Å². The van der Waals surface area contributed by atoms with Crippen molar-refractivity contribution in [3.05, 3.63) is 53.7 Å². The Kier molecular flexibility index (Phi) is 5.23. The average Bonchev–Trinajstić information content (AvgIpc) is 2.38. The van der Waals surface area contributed by atoms with Gasteiger partial charge in [-0.3, -0.25) is 0 Å². The molecular weight excluding hydrogens is 270 g/mol. The number of halogens is 1. The highest BCUT2D eigenvalue weighted by Gasteiger charge is 2.01. The standard InChI is InChI=1S/C13H12ClNS2/c14-12-7-4-8-15-13(12)17-10-9-16-11-5-2-1-3-6-11/h1-8H,9-10H2. The molecule has 1 heterocycles. The molecule has 0 aliphatic rings. The van der Waals surface area contributed by atoms with Crippen LogP contribution in [0.25, 0.3) is 0 Å². The first kappa shape index (κ1) is 12.8. The lowest BCUT2D eigenvalue weighted by Gasteiger charge is -2.02. The molecule has 0 aliphatic heterocycles. The van der Waals surface area contributed by atoms with E-state index in [4.69, 9.17) is 11.6 Å². The quantitative estimate of drug-likeness (QED) is 0.586. The van der Waals surface area contributed by atoms with Crippen LogP contribution in [0.3, 0.4) is 0 Å². The molecule has 0 saturated heterocycles. The van der Waals surface area contributed by atoms with Gasteiger partial charge in [-0.15, -0.1) is 23.5 Å². The zero-order valence-corrected chi connectivity index (χ0v) is 11.6. The van der Waals surface area contributed by atoms with Gasteiger partial charge in [0, 0.05) is 22.6 Å². The van der Waals surface area contributed by atoms with Crippen LogP contribution in [0.4, 0.5) is 0 Å². The summed E-state index contributed by atoms with van der Waals surface area (Å²) in [5.74, 6) is 2.07. The summed E-state index contributed by atoms with van der Waals surface area (Å²) in [7, 11) is 0. The SMILES string of the molecule is Clc1cccnc1SCCSc1ccccc1. The van der Waals surface area contributed by atoms with E-state index in [2.05, 4.69) is 29.2 Å². The summed E-state index contributed by atoms with van der Waals surface area (Å²) in [6.45, 7) is 0. The largest absolute Gasteiger partial charge is 0.248 e. The molecule has 0 atom stereocenters. The first-order chi connectivity index (χ1) is 8.36. The fourth-order valence-electron chi connectivity index (χ4n) is 1.29. The van der Waals surface area contributed by atoms with Crippen LogP contribution in [0.5, 0.6) is 0 Å². The fraction of sp³-hybridized carbons (Fsp3) is 0.154. The van der Waals surface area contributed by atoms with Crippen molar-refractivity contribution in [2.75, 3.05) is 11.5 Å². The van der Waals surface area contributed by atoms with Gasteiger partial charge in [0.1, 0.15) is 5.03 Å². The molecule has 17 heavy (non-hydrogen) atoms. The van der Waals surface area contributed by atoms with Gasteiger partial charge in [-0.25, -0.2) is 4.98 Å². The molecular formula is C13H12ClNS2. The Morgan fingerprint density at radius 3 is 2.47 bits per heavy atom. The van der Waals surface area contributed by atoms with Crippen LogP contribution in [-0.2, 0) is 0 Å². The Morgan fingerprint density at radius 1 is 0.941 bits per heavy atom. The lowest BCUT2D eigenvalue weighted by molar-refractivity contribution is 1.13. The smallest absolute Gasteiger partial charge is 0.115 e. The lowest BCUT2D eigenvalue weighted by Crippen LogP contribution is -1.87. The molecule has 0 N–H and O–H groups in total. The zero-order valence-electron chi connectivity index (χ0n) is 9.17. The maximum absolute atomic E-state index is 6.03. The van der Waals surface area contributed by atoms with Crippen molar-refractivity contribution < 1.29 is 0 Å². The van der Waals surface area contributed by atoms with Crippen LogP contribution < -0.4 is 0 Å². The molecule has 1 aromatic heterocycles. The number of aromatic nitrogens is 1. The summed E-state index contributed by atoms with van der Waals surface area (Å²) in [6, 6.07) is 14.1. The minimum Gasteiger partial charge on any atom is -0.248 e. The summed E-state index contributed by atoms with van der Waals surface area (Å²) in [5.41, 5.74) is 0. The van der Waals surface area contributed by atoms with Crippen LogP contribution in [0, 0.1) is 0 Å². The third kappa shape index (κ3) is 4.26. The van der Waals surface area contributed by atoms with Gasteiger partial charge in [-0.1, -0.05) is 29.8 Å². The Labute approximate surface area is 115 Å².